The van der Waals surface area contributed by atoms with Crippen LogP contribution in [0.3, 0.4) is 0 Å². The van der Waals surface area contributed by atoms with Crippen molar-refractivity contribution < 1.29 is 22.7 Å². The van der Waals surface area contributed by atoms with Gasteiger partial charge in [-0.2, -0.15) is 13.2 Å². The Hall–Kier alpha value is -2.64. The van der Waals surface area contributed by atoms with Crippen LogP contribution in [-0.2, 0) is 4.79 Å². The SMILES string of the molecule is O=C(Oc1ccc2c(c1)ncn1ccnc21)C(F)(F)F. The molecule has 0 aliphatic heterocycles. The Morgan fingerprint density at radius 3 is 2.80 bits per heavy atom. The second kappa shape index (κ2) is 4.19. The third-order valence-electron chi connectivity index (χ3n) is 2.64. The summed E-state index contributed by atoms with van der Waals surface area (Å²) in [5.74, 6) is -2.48. The van der Waals surface area contributed by atoms with Crippen LogP contribution in [0, 0.1) is 0 Å². The highest BCUT2D eigenvalue weighted by Gasteiger charge is 2.41. The van der Waals surface area contributed by atoms with Crippen molar-refractivity contribution in [1.82, 2.24) is 14.4 Å². The fraction of sp³-hybridized carbons (Fsp3) is 0.0833. The molecular formula is C12H6F3N3O2. The number of imidazole rings is 1. The predicted molar refractivity (Wildman–Crippen MR) is 62.2 cm³/mol. The Morgan fingerprint density at radius 2 is 2.05 bits per heavy atom. The molecule has 102 valence electrons. The number of hydrogen-bond acceptors (Lipinski definition) is 4. The van der Waals surface area contributed by atoms with Crippen molar-refractivity contribution in [1.29, 1.82) is 0 Å². The molecule has 0 saturated heterocycles. The summed E-state index contributed by atoms with van der Waals surface area (Å²) in [6.45, 7) is 0. The van der Waals surface area contributed by atoms with Crippen molar-refractivity contribution >= 4 is 22.5 Å². The van der Waals surface area contributed by atoms with E-state index in [4.69, 9.17) is 0 Å². The molecule has 0 radical (unpaired) electrons. The number of rotatable bonds is 1. The minimum atomic E-state index is -5.03. The van der Waals surface area contributed by atoms with Crippen molar-refractivity contribution in [3.63, 3.8) is 0 Å². The van der Waals surface area contributed by atoms with E-state index in [1.165, 1.54) is 24.5 Å². The van der Waals surface area contributed by atoms with E-state index < -0.39 is 12.1 Å². The minimum absolute atomic E-state index is 0.219. The summed E-state index contributed by atoms with van der Waals surface area (Å²) in [5.41, 5.74) is 1.000. The summed E-state index contributed by atoms with van der Waals surface area (Å²) in [7, 11) is 0. The first kappa shape index (κ1) is 12.4. The van der Waals surface area contributed by atoms with Crippen molar-refractivity contribution in [2.75, 3.05) is 0 Å². The molecule has 1 aromatic carbocycles. The number of nitrogens with zero attached hydrogens (tertiary/aromatic N) is 3. The lowest BCUT2D eigenvalue weighted by atomic mass is 10.2. The van der Waals surface area contributed by atoms with Gasteiger partial charge in [0.2, 0.25) is 0 Å². The average molecular weight is 281 g/mol. The highest BCUT2D eigenvalue weighted by atomic mass is 19.4. The number of carbonyl (C=O) groups is 1. The molecule has 2 heterocycles. The van der Waals surface area contributed by atoms with E-state index in [1.807, 2.05) is 0 Å². The second-order valence-corrected chi connectivity index (χ2v) is 3.97. The number of carbonyl (C=O) groups excluding carboxylic acids is 1. The van der Waals surface area contributed by atoms with E-state index in [-0.39, 0.29) is 5.75 Å². The predicted octanol–water partition coefficient (Wildman–Crippen LogP) is 2.35. The van der Waals surface area contributed by atoms with Gasteiger partial charge in [-0.1, -0.05) is 0 Å². The van der Waals surface area contributed by atoms with E-state index in [0.29, 0.717) is 16.6 Å². The lowest BCUT2D eigenvalue weighted by Gasteiger charge is -2.07. The molecule has 0 N–H and O–H groups in total. The van der Waals surface area contributed by atoms with Crippen LogP contribution in [0.25, 0.3) is 16.6 Å². The molecule has 0 unspecified atom stereocenters. The van der Waals surface area contributed by atoms with Crippen LogP contribution in [-0.4, -0.2) is 26.5 Å². The molecule has 3 rings (SSSR count). The maximum absolute atomic E-state index is 12.1. The third kappa shape index (κ3) is 2.04. The Balaban J connectivity index is 2.03. The van der Waals surface area contributed by atoms with E-state index in [2.05, 4.69) is 14.7 Å². The van der Waals surface area contributed by atoms with Crippen LogP contribution in [0.4, 0.5) is 13.2 Å². The normalized spacial score (nSPS) is 11.9. The molecule has 0 bridgehead atoms. The van der Waals surface area contributed by atoms with Crippen LogP contribution in [0.2, 0.25) is 0 Å². The van der Waals surface area contributed by atoms with Gasteiger partial charge in [-0.15, -0.1) is 0 Å². The standard InChI is InChI=1S/C12H6F3N3O2/c13-12(14,15)11(19)20-7-1-2-8-9(5-7)17-6-18-4-3-16-10(8)18/h1-6H. The molecule has 0 fully saturated rings. The first-order valence-corrected chi connectivity index (χ1v) is 5.45. The van der Waals surface area contributed by atoms with E-state index in [0.717, 1.165) is 0 Å². The van der Waals surface area contributed by atoms with Crippen molar-refractivity contribution in [2.45, 2.75) is 6.18 Å². The zero-order valence-electron chi connectivity index (χ0n) is 9.76. The van der Waals surface area contributed by atoms with Crippen molar-refractivity contribution in [3.05, 3.63) is 36.9 Å². The largest absolute Gasteiger partial charge is 0.491 e. The fourth-order valence-electron chi connectivity index (χ4n) is 1.77. The maximum atomic E-state index is 12.1. The Kier molecular flexibility index (Phi) is 2.60. The number of ether oxygens (including phenoxy) is 1. The van der Waals surface area contributed by atoms with E-state index >= 15 is 0 Å². The lowest BCUT2D eigenvalue weighted by molar-refractivity contribution is -0.189. The number of benzene rings is 1. The number of fused-ring (bicyclic) bond motifs is 3. The lowest BCUT2D eigenvalue weighted by Crippen LogP contribution is -2.27. The minimum Gasteiger partial charge on any atom is -0.420 e. The molecule has 0 saturated carbocycles. The van der Waals surface area contributed by atoms with Gasteiger partial charge in [-0.05, 0) is 12.1 Å². The fourth-order valence-corrected chi connectivity index (χ4v) is 1.77. The van der Waals surface area contributed by atoms with Gasteiger partial charge >= 0.3 is 12.1 Å². The van der Waals surface area contributed by atoms with Crippen molar-refractivity contribution in [3.8, 4) is 5.75 Å². The van der Waals surface area contributed by atoms with Crippen LogP contribution in [0.15, 0.2) is 36.9 Å². The number of aromatic nitrogens is 3. The van der Waals surface area contributed by atoms with Gasteiger partial charge in [0.1, 0.15) is 17.7 Å². The molecule has 3 aromatic rings. The van der Waals surface area contributed by atoms with Gasteiger partial charge in [-0.3, -0.25) is 4.40 Å². The Morgan fingerprint density at radius 1 is 1.25 bits per heavy atom. The van der Waals surface area contributed by atoms with Crippen LogP contribution in [0.1, 0.15) is 0 Å². The van der Waals surface area contributed by atoms with Crippen LogP contribution >= 0.6 is 0 Å². The van der Waals surface area contributed by atoms with Gasteiger partial charge in [-0.25, -0.2) is 14.8 Å². The Labute approximate surface area is 109 Å². The molecule has 2 aromatic heterocycles. The van der Waals surface area contributed by atoms with Gasteiger partial charge in [0, 0.05) is 23.8 Å². The summed E-state index contributed by atoms with van der Waals surface area (Å²) < 4.78 is 42.3. The molecule has 20 heavy (non-hydrogen) atoms. The zero-order valence-corrected chi connectivity index (χ0v) is 9.76. The molecule has 5 nitrogen and oxygen atoms in total. The summed E-state index contributed by atoms with van der Waals surface area (Å²) in [4.78, 5) is 18.9. The molecular weight excluding hydrogens is 275 g/mol. The number of halogens is 3. The molecule has 8 heteroatoms. The van der Waals surface area contributed by atoms with E-state index in [9.17, 15) is 18.0 Å². The second-order valence-electron chi connectivity index (χ2n) is 3.97. The van der Waals surface area contributed by atoms with E-state index in [1.54, 1.807) is 16.8 Å². The molecule has 0 amide bonds. The smallest absolute Gasteiger partial charge is 0.420 e. The maximum Gasteiger partial charge on any atom is 0.491 e. The van der Waals surface area contributed by atoms with Crippen LogP contribution < -0.4 is 4.74 Å². The van der Waals surface area contributed by atoms with Gasteiger partial charge in [0.05, 0.1) is 5.52 Å². The summed E-state index contributed by atoms with van der Waals surface area (Å²) in [6, 6.07) is 4.03. The summed E-state index contributed by atoms with van der Waals surface area (Å²) >= 11 is 0. The number of esters is 1. The molecule has 0 aliphatic rings. The number of hydrogen-bond donors (Lipinski definition) is 0. The first-order valence-electron chi connectivity index (χ1n) is 5.45. The first-order chi connectivity index (χ1) is 9.45. The monoisotopic (exact) mass is 281 g/mol. The van der Waals surface area contributed by atoms with Crippen molar-refractivity contribution in [2.24, 2.45) is 0 Å². The molecule has 0 atom stereocenters. The van der Waals surface area contributed by atoms with Crippen LogP contribution in [0.5, 0.6) is 5.75 Å². The molecule has 0 spiro atoms. The Bertz CT molecular complexity index is 810. The number of alkyl halides is 3. The average Bonchev–Trinajstić information content (AvgIpc) is 2.85. The third-order valence-corrected chi connectivity index (χ3v) is 2.64. The zero-order chi connectivity index (χ0) is 14.3. The topological polar surface area (TPSA) is 56.5 Å². The highest BCUT2D eigenvalue weighted by Crippen LogP contribution is 2.24. The summed E-state index contributed by atoms with van der Waals surface area (Å²) in [5, 5.41) is 0.643. The van der Waals surface area contributed by atoms with Gasteiger partial charge in [0.15, 0.2) is 0 Å². The summed E-state index contributed by atoms with van der Waals surface area (Å²) in [6.07, 6.45) is -0.289. The molecule has 0 aliphatic carbocycles. The van der Waals surface area contributed by atoms with Gasteiger partial charge in [0.25, 0.3) is 0 Å². The quantitative estimate of drug-likeness (QED) is 0.507. The van der Waals surface area contributed by atoms with Gasteiger partial charge < -0.3 is 4.74 Å². The highest BCUT2D eigenvalue weighted by molar-refractivity contribution is 5.92.